The first-order valence-corrected chi connectivity index (χ1v) is 11.9. The Labute approximate surface area is 217 Å². The van der Waals surface area contributed by atoms with Gasteiger partial charge in [-0.15, -0.1) is 0 Å². The highest BCUT2D eigenvalue weighted by atomic mass is 19.4. The molecule has 0 saturated carbocycles. The minimum absolute atomic E-state index is 0.150. The minimum Gasteiger partial charge on any atom is -0.493 e. The number of fused-ring (bicyclic) bond motifs is 3. The first-order chi connectivity index (χ1) is 18.1. The highest BCUT2D eigenvalue weighted by molar-refractivity contribution is 5.84. The van der Waals surface area contributed by atoms with Gasteiger partial charge in [-0.2, -0.15) is 13.2 Å². The van der Waals surface area contributed by atoms with Crippen molar-refractivity contribution in [3.63, 3.8) is 0 Å². The van der Waals surface area contributed by atoms with E-state index in [-0.39, 0.29) is 30.2 Å². The summed E-state index contributed by atoms with van der Waals surface area (Å²) in [5.41, 5.74) is 3.04. The molecule has 2 aliphatic heterocycles. The van der Waals surface area contributed by atoms with Gasteiger partial charge in [0.25, 0.3) is 0 Å². The smallest absolute Gasteiger partial charge is 0.471 e. The first-order valence-electron chi connectivity index (χ1n) is 11.9. The molecule has 1 atom stereocenters. The van der Waals surface area contributed by atoms with Crippen molar-refractivity contribution in [1.82, 2.24) is 4.90 Å². The van der Waals surface area contributed by atoms with Crippen LogP contribution in [-0.2, 0) is 11.2 Å². The summed E-state index contributed by atoms with van der Waals surface area (Å²) in [6, 6.07) is 9.20. The van der Waals surface area contributed by atoms with Crippen LogP contribution in [0.25, 0.3) is 0 Å². The number of halogens is 3. The molecule has 7 nitrogen and oxygen atoms in total. The van der Waals surface area contributed by atoms with Gasteiger partial charge >= 0.3 is 12.1 Å². The Balaban J connectivity index is 1.77. The van der Waals surface area contributed by atoms with Crippen LogP contribution in [0.2, 0.25) is 0 Å². The van der Waals surface area contributed by atoms with Crippen molar-refractivity contribution in [3.8, 4) is 40.2 Å². The lowest BCUT2D eigenvalue weighted by molar-refractivity contribution is -0.187. The molecule has 3 aromatic carbocycles. The molecular formula is C28H26F3NO6. The molecule has 0 aromatic heterocycles. The topological polar surface area (TPSA) is 66.5 Å². The van der Waals surface area contributed by atoms with Crippen molar-refractivity contribution in [3.05, 3.63) is 64.2 Å². The molecule has 0 saturated heterocycles. The zero-order valence-corrected chi connectivity index (χ0v) is 21.5. The van der Waals surface area contributed by atoms with E-state index in [1.807, 2.05) is 13.0 Å². The van der Waals surface area contributed by atoms with Gasteiger partial charge in [-0.3, -0.25) is 4.79 Å². The summed E-state index contributed by atoms with van der Waals surface area (Å²) in [5, 5.41) is 0. The minimum atomic E-state index is -5.06. The second-order valence-corrected chi connectivity index (χ2v) is 9.06. The molecule has 0 spiro atoms. The summed E-state index contributed by atoms with van der Waals surface area (Å²) < 4.78 is 70.2. The van der Waals surface area contributed by atoms with Crippen LogP contribution < -0.4 is 23.7 Å². The number of carbonyl (C=O) groups is 1. The fourth-order valence-electron chi connectivity index (χ4n) is 5.31. The highest BCUT2D eigenvalue weighted by Gasteiger charge is 2.48. The predicted molar refractivity (Wildman–Crippen MR) is 132 cm³/mol. The van der Waals surface area contributed by atoms with E-state index >= 15 is 0 Å². The van der Waals surface area contributed by atoms with Gasteiger partial charge in [0, 0.05) is 12.1 Å². The summed E-state index contributed by atoms with van der Waals surface area (Å²) in [4.78, 5) is 13.6. The van der Waals surface area contributed by atoms with Crippen molar-refractivity contribution in [1.29, 1.82) is 0 Å². The number of rotatable bonds is 4. The maximum absolute atomic E-state index is 13.8. The van der Waals surface area contributed by atoms with Crippen LogP contribution >= 0.6 is 0 Å². The standard InChI is InChI=1S/C28H26F3NO6/c1-14-17-10-11-32(27(33)28(29,30)31)23(16-12-20(34-3)26(36-5)21(13-16)35-4)22(17)15(2)25-24(14)37-18-8-6-7-9-19(18)38-25/h6-9,12-13,23H,10-11H2,1-5H3. The molecule has 200 valence electrons. The maximum atomic E-state index is 13.8. The van der Waals surface area contributed by atoms with Gasteiger partial charge in [0.05, 0.1) is 27.4 Å². The summed E-state index contributed by atoms with van der Waals surface area (Å²) in [6.07, 6.45) is -4.85. The molecule has 0 N–H and O–H groups in total. The number of alkyl halides is 3. The third kappa shape index (κ3) is 3.95. The van der Waals surface area contributed by atoms with E-state index in [1.54, 1.807) is 37.3 Å². The highest BCUT2D eigenvalue weighted by Crippen LogP contribution is 2.54. The van der Waals surface area contributed by atoms with E-state index in [2.05, 4.69) is 0 Å². The zero-order chi connectivity index (χ0) is 27.4. The molecule has 0 radical (unpaired) electrons. The summed E-state index contributed by atoms with van der Waals surface area (Å²) in [7, 11) is 4.27. The fraction of sp³-hybridized carbons (Fsp3) is 0.321. The second kappa shape index (κ2) is 9.34. The van der Waals surface area contributed by atoms with Crippen molar-refractivity contribution in [2.24, 2.45) is 0 Å². The van der Waals surface area contributed by atoms with Gasteiger partial charge in [-0.05, 0) is 66.8 Å². The quantitative estimate of drug-likeness (QED) is 0.311. The van der Waals surface area contributed by atoms with Gasteiger partial charge in [0.2, 0.25) is 5.75 Å². The van der Waals surface area contributed by atoms with E-state index in [1.165, 1.54) is 21.3 Å². The van der Waals surface area contributed by atoms with Crippen molar-refractivity contribution in [2.75, 3.05) is 27.9 Å². The molecule has 0 aliphatic carbocycles. The number of hydrogen-bond donors (Lipinski definition) is 0. The van der Waals surface area contributed by atoms with Crippen LogP contribution in [0, 0.1) is 13.8 Å². The third-order valence-corrected chi connectivity index (χ3v) is 7.04. The molecule has 1 amide bonds. The Morgan fingerprint density at radius 2 is 1.47 bits per heavy atom. The molecule has 10 heteroatoms. The normalized spacial score (nSPS) is 15.9. The van der Waals surface area contributed by atoms with Crippen LogP contribution in [-0.4, -0.2) is 44.9 Å². The number of carbonyl (C=O) groups excluding carboxylic acids is 1. The molecular weight excluding hydrogens is 503 g/mol. The van der Waals surface area contributed by atoms with Crippen molar-refractivity contribution < 1.29 is 41.7 Å². The molecule has 0 fully saturated rings. The number of benzene rings is 3. The van der Waals surface area contributed by atoms with Crippen LogP contribution in [0.4, 0.5) is 13.2 Å². The van der Waals surface area contributed by atoms with Crippen LogP contribution in [0.3, 0.4) is 0 Å². The average molecular weight is 530 g/mol. The Kier molecular flexibility index (Phi) is 6.28. The van der Waals surface area contributed by atoms with Crippen molar-refractivity contribution >= 4 is 5.91 Å². The summed E-state index contributed by atoms with van der Waals surface area (Å²) in [6.45, 7) is 3.46. The van der Waals surface area contributed by atoms with Gasteiger partial charge in [-0.1, -0.05) is 12.1 Å². The lowest BCUT2D eigenvalue weighted by Gasteiger charge is -2.41. The SMILES string of the molecule is COc1cc(C2c3c(C)c4c(c(C)c3CCN2C(=O)C(F)(F)F)Oc2ccccc2O4)cc(OC)c1OC. The van der Waals surface area contributed by atoms with Crippen LogP contribution in [0.15, 0.2) is 36.4 Å². The first kappa shape index (κ1) is 25.6. The van der Waals surface area contributed by atoms with E-state index in [0.717, 1.165) is 16.0 Å². The summed E-state index contributed by atoms with van der Waals surface area (Å²) in [5.74, 6) is 0.829. The number of ether oxygens (including phenoxy) is 5. The Hall–Kier alpha value is -4.08. The van der Waals surface area contributed by atoms with Crippen molar-refractivity contribution in [2.45, 2.75) is 32.5 Å². The molecule has 1 unspecified atom stereocenters. The van der Waals surface area contributed by atoms with E-state index in [4.69, 9.17) is 23.7 Å². The lowest BCUT2D eigenvalue weighted by Crippen LogP contribution is -2.47. The number of hydrogen-bond acceptors (Lipinski definition) is 6. The van der Waals surface area contributed by atoms with Gasteiger partial charge in [-0.25, -0.2) is 0 Å². The second-order valence-electron chi connectivity index (χ2n) is 9.06. The molecule has 3 aromatic rings. The number of amides is 1. The monoisotopic (exact) mass is 529 g/mol. The van der Waals surface area contributed by atoms with Crippen LogP contribution in [0.5, 0.6) is 40.2 Å². The third-order valence-electron chi connectivity index (χ3n) is 7.04. The molecule has 2 aliphatic rings. The Morgan fingerprint density at radius 1 is 0.921 bits per heavy atom. The average Bonchev–Trinajstić information content (AvgIpc) is 2.92. The van der Waals surface area contributed by atoms with Crippen LogP contribution in [0.1, 0.15) is 33.9 Å². The van der Waals surface area contributed by atoms with Gasteiger partial charge in [0.1, 0.15) is 0 Å². The maximum Gasteiger partial charge on any atom is 0.471 e. The molecule has 2 heterocycles. The van der Waals surface area contributed by atoms with E-state index < -0.39 is 18.1 Å². The largest absolute Gasteiger partial charge is 0.493 e. The molecule has 0 bridgehead atoms. The number of para-hydroxylation sites is 2. The van der Waals surface area contributed by atoms with E-state index in [0.29, 0.717) is 39.7 Å². The molecule has 5 rings (SSSR count). The summed E-state index contributed by atoms with van der Waals surface area (Å²) >= 11 is 0. The number of methoxy groups -OCH3 is 3. The van der Waals surface area contributed by atoms with Gasteiger partial charge in [0.15, 0.2) is 34.5 Å². The van der Waals surface area contributed by atoms with E-state index in [9.17, 15) is 18.0 Å². The predicted octanol–water partition coefficient (Wildman–Crippen LogP) is 6.26. The zero-order valence-electron chi connectivity index (χ0n) is 21.5. The molecule has 38 heavy (non-hydrogen) atoms. The fourth-order valence-corrected chi connectivity index (χ4v) is 5.31. The number of nitrogens with zero attached hydrogens (tertiary/aromatic N) is 1. The lowest BCUT2D eigenvalue weighted by atomic mass is 9.81. The Bertz CT molecular complexity index is 1410. The Morgan fingerprint density at radius 3 is 1.97 bits per heavy atom. The van der Waals surface area contributed by atoms with Gasteiger partial charge < -0.3 is 28.6 Å².